The number of benzene rings is 2. The molecular weight excluding hydrogens is 854 g/mol. The van der Waals surface area contributed by atoms with E-state index in [2.05, 4.69) is 30.7 Å². The number of ether oxygens (including phenoxy) is 3. The average Bonchev–Trinajstić information content (AvgIpc) is 3.62. The minimum Gasteiger partial charge on any atom is -0.496 e. The number of methoxy groups -OCH3 is 1. The van der Waals surface area contributed by atoms with Crippen LogP contribution in [0.2, 0.25) is 5.02 Å². The third kappa shape index (κ3) is 8.97. The molecule has 4 amide bonds. The summed E-state index contributed by atoms with van der Waals surface area (Å²) in [5.74, 6) is 0.963. The van der Waals surface area contributed by atoms with Crippen molar-refractivity contribution in [2.24, 2.45) is 0 Å². The summed E-state index contributed by atoms with van der Waals surface area (Å²) in [5.41, 5.74) is 3.66. The van der Waals surface area contributed by atoms with E-state index in [1.54, 1.807) is 28.8 Å². The van der Waals surface area contributed by atoms with E-state index in [4.69, 9.17) is 30.8 Å². The highest BCUT2D eigenvalue weighted by atomic mass is 35.5. The maximum Gasteiger partial charge on any atom is 0.293 e. The predicted octanol–water partition coefficient (Wildman–Crippen LogP) is 5.06. The van der Waals surface area contributed by atoms with E-state index in [0.717, 1.165) is 92.5 Å². The maximum absolute atomic E-state index is 13.4. The normalized spacial score (nSPS) is 21.9. The Morgan fingerprint density at radius 2 is 1.74 bits per heavy atom. The third-order valence-corrected chi connectivity index (χ3v) is 14.0. The standard InChI is InChI=1S/C47H56ClN9O8/c1-26(2)57-37-8-5-29(19-28(37)20-39(46(57)62)64-25-41(59)49-3)51-43-36(48)23-50-47(53-43)55-17-13-31(14-18-55)65-32-21-30(22-32)54-15-11-27(12-16-54)33-6-7-34-35(42(33)63-4)24-56(45(34)61)38-9-10-40(58)52-44(38)60/h5-8,19-20,23,26-27,30-32,38H,9-18,21-22,24-25H2,1-4H3,(H,49,59)(H,50,51,53)(H,52,58,60)/t30?,32?,38-/m1/s1. The number of hydrogen-bond acceptors (Lipinski definition) is 13. The number of carbonyl (C=O) groups is 4. The van der Waals surface area contributed by atoms with E-state index in [9.17, 15) is 24.0 Å². The van der Waals surface area contributed by atoms with Gasteiger partial charge in [-0.3, -0.25) is 29.3 Å². The molecule has 1 atom stereocenters. The zero-order valence-corrected chi connectivity index (χ0v) is 38.0. The first-order valence-electron chi connectivity index (χ1n) is 22.7. The molecule has 1 aliphatic carbocycles. The number of likely N-dealkylation sites (tertiary alicyclic amines) is 1. The predicted molar refractivity (Wildman–Crippen MR) is 244 cm³/mol. The highest BCUT2D eigenvalue weighted by molar-refractivity contribution is 6.33. The number of piperidine rings is 3. The summed E-state index contributed by atoms with van der Waals surface area (Å²) >= 11 is 6.61. The highest BCUT2D eigenvalue weighted by Gasteiger charge is 2.42. The van der Waals surface area contributed by atoms with Gasteiger partial charge in [0, 0.05) is 60.8 Å². The van der Waals surface area contributed by atoms with Gasteiger partial charge < -0.3 is 44.1 Å². The van der Waals surface area contributed by atoms with Crippen LogP contribution in [0, 0.1) is 0 Å². The van der Waals surface area contributed by atoms with Crippen molar-refractivity contribution in [1.82, 2.24) is 35.0 Å². The number of anilines is 3. The van der Waals surface area contributed by atoms with Crippen LogP contribution >= 0.6 is 11.6 Å². The van der Waals surface area contributed by atoms with Gasteiger partial charge >= 0.3 is 0 Å². The molecule has 9 rings (SSSR count). The number of aromatic nitrogens is 3. The van der Waals surface area contributed by atoms with Gasteiger partial charge in [0.15, 0.2) is 18.2 Å². The van der Waals surface area contributed by atoms with Gasteiger partial charge in [-0.2, -0.15) is 4.98 Å². The number of halogens is 1. The van der Waals surface area contributed by atoms with Gasteiger partial charge in [-0.25, -0.2) is 4.98 Å². The summed E-state index contributed by atoms with van der Waals surface area (Å²) in [6.07, 6.45) is 8.34. The van der Waals surface area contributed by atoms with Crippen molar-refractivity contribution in [3.63, 3.8) is 0 Å². The summed E-state index contributed by atoms with van der Waals surface area (Å²) in [6, 6.07) is 10.9. The van der Waals surface area contributed by atoms with Gasteiger partial charge in [-0.1, -0.05) is 17.7 Å². The second kappa shape index (κ2) is 18.6. The lowest BCUT2D eigenvalue weighted by atomic mass is 9.82. The summed E-state index contributed by atoms with van der Waals surface area (Å²) in [4.78, 5) is 78.5. The molecule has 6 heterocycles. The van der Waals surface area contributed by atoms with Gasteiger partial charge in [-0.15, -0.1) is 0 Å². The van der Waals surface area contributed by atoms with Crippen molar-refractivity contribution in [3.8, 4) is 11.5 Å². The van der Waals surface area contributed by atoms with Gasteiger partial charge in [0.2, 0.25) is 17.8 Å². The van der Waals surface area contributed by atoms with Crippen LogP contribution in [-0.2, 0) is 25.7 Å². The quantitative estimate of drug-likeness (QED) is 0.151. The lowest BCUT2D eigenvalue weighted by Crippen LogP contribution is -2.52. The number of hydrogen-bond donors (Lipinski definition) is 3. The Hall–Kier alpha value is -5.78. The summed E-state index contributed by atoms with van der Waals surface area (Å²) in [7, 11) is 3.17. The van der Waals surface area contributed by atoms with E-state index in [1.165, 1.54) is 7.05 Å². The minimum atomic E-state index is -0.658. The first kappa shape index (κ1) is 44.4. The maximum atomic E-state index is 13.4. The van der Waals surface area contributed by atoms with Gasteiger partial charge in [0.1, 0.15) is 16.8 Å². The molecule has 0 unspecified atom stereocenters. The first-order chi connectivity index (χ1) is 31.4. The van der Waals surface area contributed by atoms with E-state index >= 15 is 0 Å². The molecule has 2 aromatic carbocycles. The zero-order chi connectivity index (χ0) is 45.5. The van der Waals surface area contributed by atoms with E-state index in [0.29, 0.717) is 53.0 Å². The monoisotopic (exact) mass is 909 g/mol. The third-order valence-electron chi connectivity index (χ3n) is 13.7. The number of nitrogens with one attached hydrogen (secondary N) is 3. The molecule has 4 fully saturated rings. The molecule has 0 radical (unpaired) electrons. The Balaban J connectivity index is 0.752. The van der Waals surface area contributed by atoms with Gasteiger partial charge in [0.25, 0.3) is 17.4 Å². The summed E-state index contributed by atoms with van der Waals surface area (Å²) in [6.45, 7) is 7.36. The number of likely N-dealkylation sites (N-methyl/N-ethyl adjacent to an activating group) is 1. The number of rotatable bonds is 13. The molecule has 17 nitrogen and oxygen atoms in total. The smallest absolute Gasteiger partial charge is 0.293 e. The first-order valence-corrected chi connectivity index (χ1v) is 23.1. The lowest BCUT2D eigenvalue weighted by Gasteiger charge is -2.47. The summed E-state index contributed by atoms with van der Waals surface area (Å²) < 4.78 is 19.9. The van der Waals surface area contributed by atoms with Gasteiger partial charge in [-0.05, 0) is 114 Å². The van der Waals surface area contributed by atoms with Crippen LogP contribution in [0.5, 0.6) is 11.5 Å². The molecule has 5 aliphatic rings. The Labute approximate surface area is 382 Å². The Bertz CT molecular complexity index is 2560. The number of carbonyl (C=O) groups excluding carboxylic acids is 4. The van der Waals surface area contributed by atoms with Crippen LogP contribution in [-0.4, -0.2) is 119 Å². The second-order valence-corrected chi connectivity index (χ2v) is 18.4. The Kier molecular flexibility index (Phi) is 12.7. The number of fused-ring (bicyclic) bond motifs is 2. The molecule has 65 heavy (non-hydrogen) atoms. The molecule has 3 saturated heterocycles. The molecule has 0 spiro atoms. The molecule has 4 aromatic rings. The van der Waals surface area contributed by atoms with E-state index < -0.39 is 11.9 Å². The second-order valence-electron chi connectivity index (χ2n) is 18.0. The number of imide groups is 1. The van der Waals surface area contributed by atoms with Crippen molar-refractivity contribution in [3.05, 3.63) is 74.7 Å². The summed E-state index contributed by atoms with van der Waals surface area (Å²) in [5, 5.41) is 9.35. The van der Waals surface area contributed by atoms with Crippen LogP contribution in [0.1, 0.15) is 98.7 Å². The molecule has 1 saturated carbocycles. The molecule has 0 bridgehead atoms. The highest BCUT2D eigenvalue weighted by Crippen LogP contribution is 2.43. The Morgan fingerprint density at radius 3 is 2.45 bits per heavy atom. The van der Waals surface area contributed by atoms with Crippen molar-refractivity contribution >= 4 is 63.6 Å². The van der Waals surface area contributed by atoms with Crippen LogP contribution in [0.4, 0.5) is 17.5 Å². The van der Waals surface area contributed by atoms with Crippen molar-refractivity contribution in [1.29, 1.82) is 0 Å². The van der Waals surface area contributed by atoms with Crippen molar-refractivity contribution < 1.29 is 33.4 Å². The molecule has 18 heteroatoms. The van der Waals surface area contributed by atoms with Crippen LogP contribution in [0.3, 0.4) is 0 Å². The molecule has 344 valence electrons. The van der Waals surface area contributed by atoms with E-state index in [-0.39, 0.29) is 60.3 Å². The molecule has 4 aliphatic heterocycles. The van der Waals surface area contributed by atoms with E-state index in [1.807, 2.05) is 44.2 Å². The fourth-order valence-corrected chi connectivity index (χ4v) is 10.3. The zero-order valence-electron chi connectivity index (χ0n) is 37.2. The van der Waals surface area contributed by atoms with Crippen molar-refractivity contribution in [2.45, 2.75) is 108 Å². The lowest BCUT2D eigenvalue weighted by molar-refractivity contribution is -0.137. The Morgan fingerprint density at radius 1 is 0.969 bits per heavy atom. The van der Waals surface area contributed by atoms with Crippen LogP contribution in [0.25, 0.3) is 10.9 Å². The average molecular weight is 910 g/mol. The topological polar surface area (TPSA) is 190 Å². The fraction of sp³-hybridized carbons (Fsp3) is 0.511. The molecular formula is C47H56ClN9O8. The number of nitrogens with zero attached hydrogens (tertiary/aromatic N) is 6. The molecule has 3 N–H and O–H groups in total. The van der Waals surface area contributed by atoms with Gasteiger partial charge in [0.05, 0.1) is 37.6 Å². The fourth-order valence-electron chi connectivity index (χ4n) is 10.1. The van der Waals surface area contributed by atoms with Crippen LogP contribution < -0.4 is 35.9 Å². The molecule has 2 aromatic heterocycles. The minimum absolute atomic E-state index is 0.0924. The van der Waals surface area contributed by atoms with Crippen molar-refractivity contribution in [2.75, 3.05) is 57.2 Å². The number of pyridine rings is 1. The largest absolute Gasteiger partial charge is 0.496 e. The number of amides is 4. The van der Waals surface area contributed by atoms with Crippen LogP contribution in [0.15, 0.2) is 47.4 Å². The SMILES string of the molecule is CNC(=O)COc1cc2cc(Nc3nc(N4CCC(OC5CC(N6CCC(c7ccc8c(c7OC)CN([C@@H]7CCC(=O)NC7=O)C8=O)CC6)C5)CC4)ncc3Cl)ccc2n(C(C)C)c1=O.